The Morgan fingerprint density at radius 2 is 2.17 bits per heavy atom. The Labute approximate surface area is 145 Å². The number of likely N-dealkylation sites (tertiary alicyclic amines) is 1. The molecule has 0 spiro atoms. The molecule has 23 heavy (non-hydrogen) atoms. The van der Waals surface area contributed by atoms with Crippen LogP contribution in [0.5, 0.6) is 0 Å². The predicted molar refractivity (Wildman–Crippen MR) is 96.3 cm³/mol. The van der Waals surface area contributed by atoms with Crippen molar-refractivity contribution in [2.75, 3.05) is 26.7 Å². The van der Waals surface area contributed by atoms with E-state index in [2.05, 4.69) is 10.3 Å². The number of carbonyl (C=O) groups excluding carboxylic acids is 1. The molecule has 0 bridgehead atoms. The Morgan fingerprint density at radius 3 is 2.83 bits per heavy atom. The van der Waals surface area contributed by atoms with Gasteiger partial charge in [0.15, 0.2) is 0 Å². The molecule has 0 aliphatic carbocycles. The topological polar surface area (TPSA) is 48.1 Å². The fraction of sp³-hybridized carbons (Fsp3) is 0.471. The number of aromatic amines is 1. The minimum absolute atomic E-state index is 0.123. The number of nitrogens with one attached hydrogen (secondary N) is 2. The van der Waals surface area contributed by atoms with Gasteiger partial charge in [-0.1, -0.05) is 11.6 Å². The number of piperidine rings is 1. The molecule has 1 fully saturated rings. The van der Waals surface area contributed by atoms with Gasteiger partial charge < -0.3 is 15.2 Å². The second kappa shape index (κ2) is 7.51. The van der Waals surface area contributed by atoms with Crippen LogP contribution in [0, 0.1) is 5.92 Å². The summed E-state index contributed by atoms with van der Waals surface area (Å²) in [5.74, 6) is 0.853. The molecule has 1 amide bonds. The Hall–Kier alpha value is -1.30. The van der Waals surface area contributed by atoms with Gasteiger partial charge in [-0.3, -0.25) is 4.79 Å². The van der Waals surface area contributed by atoms with Gasteiger partial charge in [-0.05, 0) is 50.9 Å². The molecule has 0 aromatic carbocycles. The van der Waals surface area contributed by atoms with Crippen LogP contribution in [0.25, 0.3) is 10.4 Å². The monoisotopic (exact) mass is 351 g/mol. The summed E-state index contributed by atoms with van der Waals surface area (Å²) >= 11 is 7.52. The molecule has 1 aliphatic rings. The van der Waals surface area contributed by atoms with E-state index in [1.54, 1.807) is 6.20 Å². The van der Waals surface area contributed by atoms with Crippen LogP contribution in [-0.4, -0.2) is 42.5 Å². The lowest BCUT2D eigenvalue weighted by Crippen LogP contribution is -2.39. The quantitative estimate of drug-likeness (QED) is 0.859. The highest BCUT2D eigenvalue weighted by atomic mass is 35.5. The van der Waals surface area contributed by atoms with Crippen LogP contribution in [0.1, 0.15) is 29.6 Å². The van der Waals surface area contributed by atoms with E-state index in [0.29, 0.717) is 0 Å². The maximum absolute atomic E-state index is 12.8. The first-order valence-corrected chi connectivity index (χ1v) is 9.25. The number of amides is 1. The molecular weight excluding hydrogens is 330 g/mol. The normalized spacial score (nSPS) is 16.0. The van der Waals surface area contributed by atoms with E-state index < -0.39 is 0 Å². The van der Waals surface area contributed by atoms with Crippen LogP contribution in [0.2, 0.25) is 4.34 Å². The molecule has 0 atom stereocenters. The Morgan fingerprint density at radius 1 is 1.39 bits per heavy atom. The average molecular weight is 352 g/mol. The van der Waals surface area contributed by atoms with Gasteiger partial charge in [-0.2, -0.15) is 0 Å². The van der Waals surface area contributed by atoms with Gasteiger partial charge >= 0.3 is 0 Å². The maximum Gasteiger partial charge on any atom is 0.256 e. The third kappa shape index (κ3) is 3.79. The standard InChI is InChI=1S/C17H22ClN3OS/c1-19-7-4-12-5-8-21(9-6-12)17(22)14-11-20-10-13(14)15-2-3-16(18)23-15/h2-3,10-12,19-20H,4-9H2,1H3. The molecule has 0 radical (unpaired) electrons. The summed E-state index contributed by atoms with van der Waals surface area (Å²) in [6.07, 6.45) is 7.07. The van der Waals surface area contributed by atoms with Gasteiger partial charge in [-0.15, -0.1) is 11.3 Å². The van der Waals surface area contributed by atoms with Gasteiger partial charge in [0.1, 0.15) is 0 Å². The first-order valence-electron chi connectivity index (χ1n) is 8.05. The molecule has 3 heterocycles. The first kappa shape index (κ1) is 16.6. The zero-order valence-corrected chi connectivity index (χ0v) is 14.8. The van der Waals surface area contributed by atoms with E-state index in [0.717, 1.165) is 58.7 Å². The van der Waals surface area contributed by atoms with Crippen molar-refractivity contribution in [1.82, 2.24) is 15.2 Å². The number of thiophene rings is 1. The number of rotatable bonds is 5. The van der Waals surface area contributed by atoms with Crippen LogP contribution >= 0.6 is 22.9 Å². The van der Waals surface area contributed by atoms with Crippen LogP contribution in [0.4, 0.5) is 0 Å². The van der Waals surface area contributed by atoms with Crippen molar-refractivity contribution in [3.63, 3.8) is 0 Å². The number of carbonyl (C=O) groups is 1. The summed E-state index contributed by atoms with van der Waals surface area (Å²) in [5, 5.41) is 3.20. The number of H-pyrrole nitrogens is 1. The van der Waals surface area contributed by atoms with Gasteiger partial charge in [-0.25, -0.2) is 0 Å². The van der Waals surface area contributed by atoms with E-state index in [1.165, 1.54) is 17.8 Å². The largest absolute Gasteiger partial charge is 0.366 e. The predicted octanol–water partition coefficient (Wildman–Crippen LogP) is 3.86. The molecule has 6 heteroatoms. The van der Waals surface area contributed by atoms with Crippen LogP contribution in [0.15, 0.2) is 24.5 Å². The molecule has 2 aromatic rings. The zero-order valence-electron chi connectivity index (χ0n) is 13.3. The zero-order chi connectivity index (χ0) is 16.2. The number of nitrogens with zero attached hydrogens (tertiary/aromatic N) is 1. The second-order valence-corrected chi connectivity index (χ2v) is 7.73. The fourth-order valence-corrected chi connectivity index (χ4v) is 4.22. The second-order valence-electron chi connectivity index (χ2n) is 6.01. The summed E-state index contributed by atoms with van der Waals surface area (Å²) < 4.78 is 0.741. The maximum atomic E-state index is 12.8. The molecule has 0 saturated carbocycles. The van der Waals surface area contributed by atoms with Crippen molar-refractivity contribution in [3.8, 4) is 10.4 Å². The van der Waals surface area contributed by atoms with Crippen molar-refractivity contribution in [3.05, 3.63) is 34.4 Å². The number of aromatic nitrogens is 1. The average Bonchev–Trinajstić information content (AvgIpc) is 3.21. The van der Waals surface area contributed by atoms with Crippen molar-refractivity contribution in [2.24, 2.45) is 5.92 Å². The Balaban J connectivity index is 1.67. The fourth-order valence-electron chi connectivity index (χ4n) is 3.15. The van der Waals surface area contributed by atoms with Crippen molar-refractivity contribution in [1.29, 1.82) is 0 Å². The lowest BCUT2D eigenvalue weighted by atomic mass is 9.93. The molecule has 1 aliphatic heterocycles. The van der Waals surface area contributed by atoms with Gasteiger partial charge in [0.05, 0.1) is 9.90 Å². The molecule has 2 N–H and O–H groups in total. The molecule has 2 aromatic heterocycles. The molecule has 1 saturated heterocycles. The minimum Gasteiger partial charge on any atom is -0.366 e. The van der Waals surface area contributed by atoms with Crippen molar-refractivity contribution < 1.29 is 4.79 Å². The van der Waals surface area contributed by atoms with E-state index in [9.17, 15) is 4.79 Å². The summed E-state index contributed by atoms with van der Waals surface area (Å²) in [7, 11) is 1.99. The third-order valence-corrected chi connectivity index (χ3v) is 5.78. The molecule has 3 rings (SSSR count). The Bertz CT molecular complexity index is 658. The van der Waals surface area contributed by atoms with E-state index in [1.807, 2.05) is 30.3 Å². The molecule has 124 valence electrons. The van der Waals surface area contributed by atoms with Crippen LogP contribution in [-0.2, 0) is 0 Å². The Kier molecular flexibility index (Phi) is 5.41. The van der Waals surface area contributed by atoms with E-state index >= 15 is 0 Å². The highest BCUT2D eigenvalue weighted by Gasteiger charge is 2.25. The third-order valence-electron chi connectivity index (χ3n) is 4.52. The highest BCUT2D eigenvalue weighted by Crippen LogP contribution is 2.34. The van der Waals surface area contributed by atoms with Gasteiger partial charge in [0, 0.05) is 35.9 Å². The summed E-state index contributed by atoms with van der Waals surface area (Å²) in [5.41, 5.74) is 1.70. The number of halogens is 1. The highest BCUT2D eigenvalue weighted by molar-refractivity contribution is 7.19. The van der Waals surface area contributed by atoms with Crippen LogP contribution < -0.4 is 5.32 Å². The summed E-state index contributed by atoms with van der Waals surface area (Å²) in [6.45, 7) is 2.76. The smallest absolute Gasteiger partial charge is 0.256 e. The van der Waals surface area contributed by atoms with E-state index in [-0.39, 0.29) is 5.91 Å². The molecular formula is C17H22ClN3OS. The minimum atomic E-state index is 0.123. The lowest BCUT2D eigenvalue weighted by molar-refractivity contribution is 0.0688. The molecule has 4 nitrogen and oxygen atoms in total. The number of hydrogen-bond acceptors (Lipinski definition) is 3. The van der Waals surface area contributed by atoms with Crippen LogP contribution in [0.3, 0.4) is 0 Å². The number of hydrogen-bond donors (Lipinski definition) is 2. The summed E-state index contributed by atoms with van der Waals surface area (Å²) in [6, 6.07) is 3.84. The lowest BCUT2D eigenvalue weighted by Gasteiger charge is -2.32. The molecule has 0 unspecified atom stereocenters. The van der Waals surface area contributed by atoms with Crippen molar-refractivity contribution >= 4 is 28.8 Å². The SMILES string of the molecule is CNCCC1CCN(C(=O)c2c[nH]cc2-c2ccc(Cl)s2)CC1. The van der Waals surface area contributed by atoms with Gasteiger partial charge in [0.2, 0.25) is 0 Å². The van der Waals surface area contributed by atoms with Gasteiger partial charge in [0.25, 0.3) is 5.91 Å². The first-order chi connectivity index (χ1) is 11.2. The van der Waals surface area contributed by atoms with Crippen molar-refractivity contribution in [2.45, 2.75) is 19.3 Å². The summed E-state index contributed by atoms with van der Waals surface area (Å²) in [4.78, 5) is 18.9. The van der Waals surface area contributed by atoms with E-state index in [4.69, 9.17) is 11.6 Å².